The molecule has 1 N–H and O–H groups in total. The lowest BCUT2D eigenvalue weighted by Gasteiger charge is -2.21. The largest absolute Gasteiger partial charge is 0.469 e. The van der Waals surface area contributed by atoms with Crippen molar-refractivity contribution in [1.29, 1.82) is 0 Å². The molecule has 0 unspecified atom stereocenters. The van der Waals surface area contributed by atoms with Gasteiger partial charge in [0.2, 0.25) is 0 Å². The van der Waals surface area contributed by atoms with Crippen molar-refractivity contribution in [3.05, 3.63) is 75.8 Å². The highest BCUT2D eigenvalue weighted by molar-refractivity contribution is 5.93. The van der Waals surface area contributed by atoms with Gasteiger partial charge in [-0.2, -0.15) is 0 Å². The first-order valence-electron chi connectivity index (χ1n) is 9.44. The number of ether oxygens (including phenoxy) is 2. The molecule has 8 heteroatoms. The highest BCUT2D eigenvalue weighted by Gasteiger charge is 2.14. The van der Waals surface area contributed by atoms with Gasteiger partial charge in [-0.05, 0) is 23.8 Å². The SMILES string of the molecule is COC(=O)CCN(Cc1ccccc1)Cc1nc2cc(C(=O)OC)ccc2c(=O)[nH]1. The van der Waals surface area contributed by atoms with Crippen molar-refractivity contribution >= 4 is 22.8 Å². The maximum Gasteiger partial charge on any atom is 0.337 e. The summed E-state index contributed by atoms with van der Waals surface area (Å²) in [6.45, 7) is 1.33. The molecule has 0 radical (unpaired) electrons. The molecule has 3 rings (SSSR count). The monoisotopic (exact) mass is 409 g/mol. The molecule has 0 atom stereocenters. The minimum Gasteiger partial charge on any atom is -0.469 e. The van der Waals surface area contributed by atoms with Crippen LogP contribution in [0.3, 0.4) is 0 Å². The van der Waals surface area contributed by atoms with Crippen LogP contribution in [0.1, 0.15) is 28.2 Å². The van der Waals surface area contributed by atoms with Gasteiger partial charge in [0.1, 0.15) is 5.82 Å². The van der Waals surface area contributed by atoms with Crippen molar-refractivity contribution in [3.8, 4) is 0 Å². The van der Waals surface area contributed by atoms with Crippen molar-refractivity contribution in [1.82, 2.24) is 14.9 Å². The molecule has 156 valence electrons. The van der Waals surface area contributed by atoms with Crippen LogP contribution in [0.4, 0.5) is 0 Å². The van der Waals surface area contributed by atoms with Gasteiger partial charge in [-0.15, -0.1) is 0 Å². The number of fused-ring (bicyclic) bond motifs is 1. The normalized spacial score (nSPS) is 10.9. The Morgan fingerprint density at radius 1 is 1.03 bits per heavy atom. The van der Waals surface area contributed by atoms with Crippen LogP contribution in [0, 0.1) is 0 Å². The number of aromatic nitrogens is 2. The average molecular weight is 409 g/mol. The van der Waals surface area contributed by atoms with E-state index in [4.69, 9.17) is 9.47 Å². The Bertz CT molecular complexity index is 1090. The van der Waals surface area contributed by atoms with E-state index in [2.05, 4.69) is 9.97 Å². The quantitative estimate of drug-likeness (QED) is 0.570. The lowest BCUT2D eigenvalue weighted by atomic mass is 10.1. The van der Waals surface area contributed by atoms with Gasteiger partial charge < -0.3 is 14.5 Å². The number of hydrogen-bond acceptors (Lipinski definition) is 7. The minimum absolute atomic E-state index is 0.216. The fourth-order valence-corrected chi connectivity index (χ4v) is 3.13. The summed E-state index contributed by atoms with van der Waals surface area (Å²) < 4.78 is 9.48. The summed E-state index contributed by atoms with van der Waals surface area (Å²) >= 11 is 0. The summed E-state index contributed by atoms with van der Waals surface area (Å²) in [5.41, 5.74) is 1.50. The minimum atomic E-state index is -0.496. The van der Waals surface area contributed by atoms with Crippen LogP contribution in [0.25, 0.3) is 10.9 Å². The summed E-state index contributed by atoms with van der Waals surface area (Å²) in [4.78, 5) is 45.2. The van der Waals surface area contributed by atoms with E-state index in [0.717, 1.165) is 5.56 Å². The Morgan fingerprint density at radius 3 is 2.50 bits per heavy atom. The van der Waals surface area contributed by atoms with Gasteiger partial charge in [0.05, 0.1) is 43.7 Å². The van der Waals surface area contributed by atoms with E-state index < -0.39 is 5.97 Å². The van der Waals surface area contributed by atoms with E-state index >= 15 is 0 Å². The second-order valence-corrected chi connectivity index (χ2v) is 6.76. The lowest BCUT2D eigenvalue weighted by Crippen LogP contribution is -2.28. The van der Waals surface area contributed by atoms with Crippen molar-refractivity contribution in [2.24, 2.45) is 0 Å². The van der Waals surface area contributed by atoms with Crippen LogP contribution in [0.15, 0.2) is 53.3 Å². The third-order valence-corrected chi connectivity index (χ3v) is 4.66. The number of rotatable bonds is 8. The fraction of sp³-hybridized carbons (Fsp3) is 0.273. The third kappa shape index (κ3) is 5.30. The van der Waals surface area contributed by atoms with E-state index in [9.17, 15) is 14.4 Å². The summed E-state index contributed by atoms with van der Waals surface area (Å²) in [6, 6.07) is 14.4. The Balaban J connectivity index is 1.88. The number of methoxy groups -OCH3 is 2. The summed E-state index contributed by atoms with van der Waals surface area (Å²) in [7, 11) is 2.65. The number of carbonyl (C=O) groups excluding carboxylic acids is 2. The number of benzene rings is 2. The number of hydrogen-bond donors (Lipinski definition) is 1. The molecule has 0 aliphatic heterocycles. The Labute approximate surface area is 173 Å². The zero-order valence-corrected chi connectivity index (χ0v) is 16.9. The van der Waals surface area contributed by atoms with E-state index in [1.165, 1.54) is 26.4 Å². The van der Waals surface area contributed by atoms with Crippen molar-refractivity contribution in [3.63, 3.8) is 0 Å². The molecule has 0 spiro atoms. The predicted octanol–water partition coefficient (Wildman–Crippen LogP) is 2.27. The number of carbonyl (C=O) groups is 2. The third-order valence-electron chi connectivity index (χ3n) is 4.66. The van der Waals surface area contributed by atoms with Gasteiger partial charge >= 0.3 is 11.9 Å². The molecule has 0 saturated heterocycles. The van der Waals surface area contributed by atoms with Crippen LogP contribution >= 0.6 is 0 Å². The van der Waals surface area contributed by atoms with Crippen molar-refractivity contribution in [2.75, 3.05) is 20.8 Å². The van der Waals surface area contributed by atoms with Crippen LogP contribution in [-0.2, 0) is 27.4 Å². The fourth-order valence-electron chi connectivity index (χ4n) is 3.13. The molecular weight excluding hydrogens is 386 g/mol. The lowest BCUT2D eigenvalue weighted by molar-refractivity contribution is -0.141. The highest BCUT2D eigenvalue weighted by atomic mass is 16.5. The summed E-state index contributed by atoms with van der Waals surface area (Å²) in [6.07, 6.45) is 0.216. The summed E-state index contributed by atoms with van der Waals surface area (Å²) in [5.74, 6) is -0.365. The zero-order chi connectivity index (χ0) is 21.5. The molecule has 8 nitrogen and oxygen atoms in total. The maximum atomic E-state index is 12.5. The Kier molecular flexibility index (Phi) is 6.92. The molecule has 0 saturated carbocycles. The van der Waals surface area contributed by atoms with Gasteiger partial charge in [-0.3, -0.25) is 14.5 Å². The highest BCUT2D eigenvalue weighted by Crippen LogP contribution is 2.13. The molecule has 0 aliphatic rings. The first-order chi connectivity index (χ1) is 14.5. The molecule has 0 bridgehead atoms. The molecule has 0 amide bonds. The van der Waals surface area contributed by atoms with Crippen molar-refractivity contribution < 1.29 is 19.1 Å². The molecule has 2 aromatic carbocycles. The number of aromatic amines is 1. The first kappa shape index (κ1) is 21.2. The molecule has 0 fully saturated rings. The molecule has 1 heterocycles. The van der Waals surface area contributed by atoms with Gasteiger partial charge in [-0.25, -0.2) is 9.78 Å². The summed E-state index contributed by atoms with van der Waals surface area (Å²) in [5, 5.41) is 0.385. The topological polar surface area (TPSA) is 102 Å². The van der Waals surface area contributed by atoms with Crippen LogP contribution < -0.4 is 5.56 Å². The molecular formula is C22H23N3O5. The number of nitrogens with zero attached hydrogens (tertiary/aromatic N) is 2. The van der Waals surface area contributed by atoms with Gasteiger partial charge in [0, 0.05) is 13.1 Å². The standard InChI is InChI=1S/C22H23N3O5/c1-29-20(26)10-11-25(13-15-6-4-3-5-7-15)14-19-23-18-12-16(22(28)30-2)8-9-17(18)21(27)24-19/h3-9,12H,10-11,13-14H2,1-2H3,(H,23,24,27). The Morgan fingerprint density at radius 2 is 1.80 bits per heavy atom. The number of H-pyrrole nitrogens is 1. The van der Waals surface area contributed by atoms with E-state index in [1.54, 1.807) is 6.07 Å². The number of nitrogens with one attached hydrogen (secondary N) is 1. The van der Waals surface area contributed by atoms with Crippen LogP contribution in [-0.4, -0.2) is 47.6 Å². The molecule has 0 aliphatic carbocycles. The smallest absolute Gasteiger partial charge is 0.337 e. The zero-order valence-electron chi connectivity index (χ0n) is 16.9. The second kappa shape index (κ2) is 9.80. The van der Waals surface area contributed by atoms with Crippen molar-refractivity contribution in [2.45, 2.75) is 19.5 Å². The van der Waals surface area contributed by atoms with E-state index in [-0.39, 0.29) is 17.9 Å². The van der Waals surface area contributed by atoms with Crippen LogP contribution in [0.5, 0.6) is 0 Å². The molecule has 30 heavy (non-hydrogen) atoms. The van der Waals surface area contributed by atoms with Gasteiger partial charge in [0.15, 0.2) is 0 Å². The number of esters is 2. The Hall–Kier alpha value is -3.52. The average Bonchev–Trinajstić information content (AvgIpc) is 2.77. The van der Waals surface area contributed by atoms with Crippen LogP contribution in [0.2, 0.25) is 0 Å². The second-order valence-electron chi connectivity index (χ2n) is 6.76. The molecule has 3 aromatic rings. The van der Waals surface area contributed by atoms with Gasteiger partial charge in [-0.1, -0.05) is 30.3 Å². The van der Waals surface area contributed by atoms with E-state index in [1.807, 2.05) is 35.2 Å². The van der Waals surface area contributed by atoms with E-state index in [0.29, 0.717) is 41.9 Å². The first-order valence-corrected chi connectivity index (χ1v) is 9.44. The predicted molar refractivity (Wildman–Crippen MR) is 111 cm³/mol. The maximum absolute atomic E-state index is 12.5. The van der Waals surface area contributed by atoms with Gasteiger partial charge in [0.25, 0.3) is 5.56 Å². The molecule has 1 aromatic heterocycles.